The molecular formula is C36H30F7N3O5. The molecule has 1 fully saturated rings. The molecule has 1 saturated heterocycles. The number of rotatable bonds is 6. The van der Waals surface area contributed by atoms with Crippen molar-refractivity contribution in [3.63, 3.8) is 0 Å². The molecule has 2 atom stereocenters. The zero-order chi connectivity index (χ0) is 36.8. The number of aliphatic carboxylic acids is 1. The third-order valence-corrected chi connectivity index (χ3v) is 8.96. The molecule has 4 bridgehead atoms. The number of benzene rings is 3. The second-order valence-corrected chi connectivity index (χ2v) is 12.6. The Morgan fingerprint density at radius 3 is 2.43 bits per heavy atom. The number of pyridine rings is 1. The minimum atomic E-state index is -4.99. The molecule has 2 N–H and O–H groups in total. The van der Waals surface area contributed by atoms with Gasteiger partial charge >= 0.3 is 12.1 Å². The Balaban J connectivity index is 1.55. The van der Waals surface area contributed by atoms with Crippen molar-refractivity contribution in [1.29, 1.82) is 0 Å². The number of carbonyl (C=O) groups is 2. The summed E-state index contributed by atoms with van der Waals surface area (Å²) in [5, 5.41) is 12.2. The van der Waals surface area contributed by atoms with Crippen LogP contribution in [0.3, 0.4) is 0 Å². The first-order valence-corrected chi connectivity index (χ1v) is 15.8. The maximum Gasteiger partial charge on any atom is 0.416 e. The SMILES string of the molecule is Cc1cc2cc(c1F)[C@H](CC(=O)O)NC(=O)[C@H](n1cc(CCN3CC(F)C3)c(C(F)(F)F)cc1=O)c1cc(ccc1F)COc1ccc(F)cc1-2. The van der Waals surface area contributed by atoms with Crippen LogP contribution in [0.25, 0.3) is 11.1 Å². The van der Waals surface area contributed by atoms with Crippen LogP contribution in [0.5, 0.6) is 5.75 Å². The molecule has 0 unspecified atom stereocenters. The molecule has 0 saturated carbocycles. The predicted octanol–water partition coefficient (Wildman–Crippen LogP) is 6.27. The summed E-state index contributed by atoms with van der Waals surface area (Å²) in [6, 6.07) is 6.17. The molecule has 3 aromatic carbocycles. The van der Waals surface area contributed by atoms with E-state index in [2.05, 4.69) is 5.32 Å². The number of carboxylic acid groups (broad SMARTS) is 1. The van der Waals surface area contributed by atoms with E-state index in [1.165, 1.54) is 31.2 Å². The highest BCUT2D eigenvalue weighted by atomic mass is 19.4. The van der Waals surface area contributed by atoms with Gasteiger partial charge in [0.15, 0.2) is 0 Å². The number of hydrogen-bond acceptors (Lipinski definition) is 5. The maximum atomic E-state index is 15.8. The summed E-state index contributed by atoms with van der Waals surface area (Å²) >= 11 is 0. The first-order chi connectivity index (χ1) is 24.1. The van der Waals surface area contributed by atoms with Crippen LogP contribution in [0.15, 0.2) is 65.6 Å². The zero-order valence-electron chi connectivity index (χ0n) is 26.9. The lowest BCUT2D eigenvalue weighted by atomic mass is 9.93. The van der Waals surface area contributed by atoms with Crippen LogP contribution in [0, 0.1) is 24.4 Å². The quantitative estimate of drug-likeness (QED) is 0.228. The lowest BCUT2D eigenvalue weighted by Gasteiger charge is -2.34. The van der Waals surface area contributed by atoms with Crippen LogP contribution < -0.4 is 15.6 Å². The fourth-order valence-electron chi connectivity index (χ4n) is 6.42. The largest absolute Gasteiger partial charge is 0.488 e. The molecule has 0 spiro atoms. The molecule has 6 rings (SSSR count). The Bertz CT molecular complexity index is 2080. The van der Waals surface area contributed by atoms with E-state index >= 15 is 8.78 Å². The highest BCUT2D eigenvalue weighted by molar-refractivity contribution is 5.85. The van der Waals surface area contributed by atoms with Crippen molar-refractivity contribution in [3.8, 4) is 16.9 Å². The van der Waals surface area contributed by atoms with Crippen LogP contribution in [0.4, 0.5) is 30.7 Å². The van der Waals surface area contributed by atoms with Crippen molar-refractivity contribution in [2.75, 3.05) is 19.6 Å². The van der Waals surface area contributed by atoms with Gasteiger partial charge in [0.2, 0.25) is 5.91 Å². The Morgan fingerprint density at radius 1 is 1.00 bits per heavy atom. The van der Waals surface area contributed by atoms with Gasteiger partial charge in [-0.25, -0.2) is 17.6 Å². The molecule has 0 radical (unpaired) electrons. The lowest BCUT2D eigenvalue weighted by Crippen LogP contribution is -2.49. The zero-order valence-corrected chi connectivity index (χ0v) is 26.9. The monoisotopic (exact) mass is 717 g/mol. The normalized spacial score (nSPS) is 18.2. The lowest BCUT2D eigenvalue weighted by molar-refractivity contribution is -0.139. The molecule has 1 amide bonds. The van der Waals surface area contributed by atoms with Crippen LogP contribution >= 0.6 is 0 Å². The standard InChI is InChI=1S/C36H30F7N3O5/c1-18-8-21-10-26(33(18)40)29(13-32(48)49)44-35(50)34(25-9-19(2-4-28(25)39)17-51-30-5-3-22(37)11-24(21)30)46-14-20(6-7-45-15-23(38)16-45)27(12-31(46)47)36(41,42)43/h2-5,8-12,14,23,29,34H,6-7,13,15-17H2,1H3,(H,44,50)(H,48,49)/t29-,34+/m0/s1. The average molecular weight is 718 g/mol. The Kier molecular flexibility index (Phi) is 9.68. The van der Waals surface area contributed by atoms with Crippen molar-refractivity contribution < 1.29 is 50.2 Å². The topological polar surface area (TPSA) is 101 Å². The number of nitrogens with one attached hydrogen (secondary N) is 1. The first kappa shape index (κ1) is 35.6. The maximum absolute atomic E-state index is 15.8. The second kappa shape index (κ2) is 13.9. The number of aromatic nitrogens is 1. The van der Waals surface area contributed by atoms with E-state index in [9.17, 15) is 41.4 Å². The highest BCUT2D eigenvalue weighted by Gasteiger charge is 2.37. The van der Waals surface area contributed by atoms with Gasteiger partial charge in [-0.15, -0.1) is 0 Å². The number of halogens is 7. The van der Waals surface area contributed by atoms with Gasteiger partial charge in [-0.3, -0.25) is 23.9 Å². The number of ether oxygens (including phenoxy) is 1. The van der Waals surface area contributed by atoms with Crippen molar-refractivity contribution in [2.45, 2.75) is 50.8 Å². The fourth-order valence-corrected chi connectivity index (χ4v) is 6.42. The van der Waals surface area contributed by atoms with E-state index in [1.54, 1.807) is 4.90 Å². The number of alkyl halides is 4. The van der Waals surface area contributed by atoms with Crippen molar-refractivity contribution in [1.82, 2.24) is 14.8 Å². The number of likely N-dealkylation sites (tertiary alicyclic amines) is 1. The van der Waals surface area contributed by atoms with Gasteiger partial charge in [0, 0.05) is 48.6 Å². The van der Waals surface area contributed by atoms with E-state index in [4.69, 9.17) is 4.74 Å². The molecule has 2 aliphatic rings. The summed E-state index contributed by atoms with van der Waals surface area (Å²) in [5.41, 5.74) is -3.28. The van der Waals surface area contributed by atoms with Crippen molar-refractivity contribution in [2.24, 2.45) is 0 Å². The number of hydrogen-bond donors (Lipinski definition) is 2. The molecule has 1 aromatic heterocycles. The van der Waals surface area contributed by atoms with Gasteiger partial charge in [0.05, 0.1) is 18.0 Å². The van der Waals surface area contributed by atoms with Crippen LogP contribution in [-0.2, 0) is 28.8 Å². The third kappa shape index (κ3) is 7.48. The van der Waals surface area contributed by atoms with E-state index in [1.807, 2.05) is 0 Å². The summed E-state index contributed by atoms with van der Waals surface area (Å²) in [4.78, 5) is 41.3. The highest BCUT2D eigenvalue weighted by Crippen LogP contribution is 2.37. The van der Waals surface area contributed by atoms with Crippen LogP contribution in [0.2, 0.25) is 0 Å². The Labute approximate surface area is 286 Å². The Morgan fingerprint density at radius 2 is 1.75 bits per heavy atom. The van der Waals surface area contributed by atoms with Gasteiger partial charge in [-0.1, -0.05) is 6.07 Å². The van der Waals surface area contributed by atoms with Gasteiger partial charge in [0.25, 0.3) is 5.56 Å². The van der Waals surface area contributed by atoms with Crippen molar-refractivity contribution >= 4 is 11.9 Å². The smallest absolute Gasteiger partial charge is 0.416 e. The summed E-state index contributed by atoms with van der Waals surface area (Å²) in [6.07, 6.45) is -6.56. The fraction of sp³-hybridized carbons (Fsp3) is 0.306. The van der Waals surface area contributed by atoms with Gasteiger partial charge in [-0.2, -0.15) is 13.2 Å². The van der Waals surface area contributed by atoms with Crippen LogP contribution in [0.1, 0.15) is 51.9 Å². The summed E-state index contributed by atoms with van der Waals surface area (Å²) in [5.74, 6) is -5.23. The number of nitrogens with zero attached hydrogens (tertiary/aromatic N) is 2. The molecule has 4 aromatic rings. The molecule has 8 nitrogen and oxygen atoms in total. The molecule has 2 aliphatic heterocycles. The molecular weight excluding hydrogens is 687 g/mol. The molecule has 3 heterocycles. The third-order valence-electron chi connectivity index (χ3n) is 8.96. The van der Waals surface area contributed by atoms with E-state index in [0.717, 1.165) is 30.5 Å². The van der Waals surface area contributed by atoms with E-state index in [-0.39, 0.29) is 72.3 Å². The first-order valence-electron chi connectivity index (χ1n) is 15.8. The molecule has 268 valence electrons. The summed E-state index contributed by atoms with van der Waals surface area (Å²) in [6.45, 7) is 1.08. The summed E-state index contributed by atoms with van der Waals surface area (Å²) < 4.78 is 109. The number of carboxylic acids is 1. The number of amides is 1. The van der Waals surface area contributed by atoms with E-state index in [0.29, 0.717) is 4.57 Å². The van der Waals surface area contributed by atoms with Crippen LogP contribution in [-0.4, -0.2) is 52.3 Å². The van der Waals surface area contributed by atoms with Gasteiger partial charge < -0.3 is 15.2 Å². The van der Waals surface area contributed by atoms with Gasteiger partial charge in [0.1, 0.15) is 42.0 Å². The molecule has 0 aliphatic carbocycles. The number of aryl methyl sites for hydroxylation is 1. The van der Waals surface area contributed by atoms with E-state index < -0.39 is 82.4 Å². The number of carbonyl (C=O) groups excluding carboxylic acids is 1. The second-order valence-electron chi connectivity index (χ2n) is 12.6. The number of fused-ring (bicyclic) bond motifs is 6. The average Bonchev–Trinajstić information content (AvgIpc) is 3.04. The molecule has 15 heteroatoms. The minimum absolute atomic E-state index is 0.00728. The Hall–Kier alpha value is -5.18. The molecule has 51 heavy (non-hydrogen) atoms. The van der Waals surface area contributed by atoms with Gasteiger partial charge in [-0.05, 0) is 78.1 Å². The summed E-state index contributed by atoms with van der Waals surface area (Å²) in [7, 11) is 0. The predicted molar refractivity (Wildman–Crippen MR) is 169 cm³/mol. The van der Waals surface area contributed by atoms with Crippen molar-refractivity contribution in [3.05, 3.63) is 122 Å². The minimum Gasteiger partial charge on any atom is -0.488 e.